The summed E-state index contributed by atoms with van der Waals surface area (Å²) in [5, 5.41) is 0. The Morgan fingerprint density at radius 3 is 2.65 bits per heavy atom. The second-order valence-corrected chi connectivity index (χ2v) is 4.70. The van der Waals surface area contributed by atoms with Gasteiger partial charge in [0.2, 0.25) is 0 Å². The minimum atomic E-state index is 0.0708. The third kappa shape index (κ3) is 3.43. The molecule has 1 aliphatic rings. The molecule has 0 spiro atoms. The van der Waals surface area contributed by atoms with Crippen LogP contribution in [0, 0.1) is 5.92 Å². The van der Waals surface area contributed by atoms with Gasteiger partial charge < -0.3 is 4.65 Å². The lowest BCUT2D eigenvalue weighted by atomic mass is 9.81. The summed E-state index contributed by atoms with van der Waals surface area (Å²) >= 11 is 0. The zero-order chi connectivity index (χ0) is 12.1. The molecule has 2 rings (SSSR count). The molecule has 1 saturated carbocycles. The summed E-state index contributed by atoms with van der Waals surface area (Å²) in [6, 6.07) is 9.96. The first-order chi connectivity index (χ1) is 8.27. The molecule has 0 amide bonds. The molecule has 17 heavy (non-hydrogen) atoms. The molecule has 0 bridgehead atoms. The molecule has 1 aliphatic carbocycles. The van der Waals surface area contributed by atoms with Gasteiger partial charge in [0.05, 0.1) is 0 Å². The molecule has 0 saturated heterocycles. The van der Waals surface area contributed by atoms with Crippen molar-refractivity contribution < 1.29 is 9.45 Å². The number of carbonyl (C=O) groups is 1. The van der Waals surface area contributed by atoms with E-state index >= 15 is 0 Å². The second-order valence-electron chi connectivity index (χ2n) is 4.70. The van der Waals surface area contributed by atoms with Crippen LogP contribution < -0.4 is 5.46 Å². The Hall–Kier alpha value is -1.09. The Bertz CT molecular complexity index is 364. The Balaban J connectivity index is 1.90. The number of rotatable bonds is 4. The molecule has 1 radical (unpaired) electrons. The maximum Gasteiger partial charge on any atom is 0.330 e. The van der Waals surface area contributed by atoms with E-state index in [0.29, 0.717) is 0 Å². The Morgan fingerprint density at radius 2 is 1.94 bits per heavy atom. The van der Waals surface area contributed by atoms with E-state index < -0.39 is 0 Å². The van der Waals surface area contributed by atoms with Crippen molar-refractivity contribution in [1.29, 1.82) is 0 Å². The number of Topliss-reactive ketones (excluding diaryl/α,β-unsaturated/α-hetero) is 1. The first-order valence-electron chi connectivity index (χ1n) is 6.31. The molecule has 2 atom stereocenters. The Labute approximate surface area is 104 Å². The monoisotopic (exact) mass is 229 g/mol. The van der Waals surface area contributed by atoms with Gasteiger partial charge in [0.15, 0.2) is 0 Å². The standard InChI is InChI=1S/C14H18BO2/c1-11(16)13-9-5-6-10-14(13)17-15-12-7-3-2-4-8-12/h2-4,7-8,13-14H,5-6,9-10H2,1H3. The predicted molar refractivity (Wildman–Crippen MR) is 69.3 cm³/mol. The van der Waals surface area contributed by atoms with Crippen molar-refractivity contribution in [3.63, 3.8) is 0 Å². The zero-order valence-electron chi connectivity index (χ0n) is 10.3. The van der Waals surface area contributed by atoms with Gasteiger partial charge >= 0.3 is 7.48 Å². The molecule has 89 valence electrons. The van der Waals surface area contributed by atoms with Crippen LogP contribution in [0.15, 0.2) is 30.3 Å². The van der Waals surface area contributed by atoms with E-state index in [1.54, 1.807) is 14.4 Å². The minimum absolute atomic E-state index is 0.0708. The van der Waals surface area contributed by atoms with Crippen LogP contribution in [0.3, 0.4) is 0 Å². The average molecular weight is 229 g/mol. The zero-order valence-corrected chi connectivity index (χ0v) is 10.3. The van der Waals surface area contributed by atoms with E-state index in [4.69, 9.17) is 4.65 Å². The minimum Gasteiger partial charge on any atom is -0.431 e. The van der Waals surface area contributed by atoms with Crippen molar-refractivity contribution in [3.05, 3.63) is 30.3 Å². The lowest BCUT2D eigenvalue weighted by Crippen LogP contribution is -2.35. The van der Waals surface area contributed by atoms with Crippen molar-refractivity contribution in [2.75, 3.05) is 0 Å². The summed E-state index contributed by atoms with van der Waals surface area (Å²) in [5.41, 5.74) is 1.06. The summed E-state index contributed by atoms with van der Waals surface area (Å²) < 4.78 is 5.80. The van der Waals surface area contributed by atoms with E-state index in [-0.39, 0.29) is 17.8 Å². The molecule has 2 unspecified atom stereocenters. The summed E-state index contributed by atoms with van der Waals surface area (Å²) in [5.74, 6) is 0.347. The van der Waals surface area contributed by atoms with Gasteiger partial charge in [-0.3, -0.25) is 4.79 Å². The SMILES string of the molecule is CC(=O)C1CCCCC1O[B]c1ccccc1. The van der Waals surface area contributed by atoms with Crippen molar-refractivity contribution in [3.8, 4) is 0 Å². The van der Waals surface area contributed by atoms with Crippen LogP contribution >= 0.6 is 0 Å². The lowest BCUT2D eigenvalue weighted by Gasteiger charge is -2.30. The number of hydrogen-bond donors (Lipinski definition) is 0. The highest BCUT2D eigenvalue weighted by molar-refractivity contribution is 6.46. The molecular weight excluding hydrogens is 211 g/mol. The van der Waals surface area contributed by atoms with Crippen LogP contribution in [0.1, 0.15) is 32.6 Å². The topological polar surface area (TPSA) is 26.3 Å². The van der Waals surface area contributed by atoms with Crippen LogP contribution in [0.5, 0.6) is 0 Å². The first kappa shape index (κ1) is 12.4. The molecule has 1 aromatic carbocycles. The molecule has 0 aliphatic heterocycles. The summed E-state index contributed by atoms with van der Waals surface area (Å²) in [6.45, 7) is 1.68. The van der Waals surface area contributed by atoms with Crippen molar-refractivity contribution in [2.24, 2.45) is 5.92 Å². The molecule has 2 nitrogen and oxygen atoms in total. The van der Waals surface area contributed by atoms with Gasteiger partial charge in [-0.2, -0.15) is 0 Å². The molecular formula is C14H18BO2. The quantitative estimate of drug-likeness (QED) is 0.739. The predicted octanol–water partition coefficient (Wildman–Crippen LogP) is 2.10. The van der Waals surface area contributed by atoms with Crippen LogP contribution in [-0.4, -0.2) is 19.4 Å². The number of hydrogen-bond acceptors (Lipinski definition) is 2. The Kier molecular flexibility index (Phi) is 4.38. The number of carbonyl (C=O) groups excluding carboxylic acids is 1. The second kappa shape index (κ2) is 6.01. The van der Waals surface area contributed by atoms with Crippen LogP contribution in [0.2, 0.25) is 0 Å². The van der Waals surface area contributed by atoms with Crippen molar-refractivity contribution in [1.82, 2.24) is 0 Å². The molecule has 1 aromatic rings. The van der Waals surface area contributed by atoms with Gasteiger partial charge in [0.25, 0.3) is 0 Å². The van der Waals surface area contributed by atoms with Gasteiger partial charge in [-0.15, -0.1) is 0 Å². The fourth-order valence-electron chi connectivity index (χ4n) is 2.42. The van der Waals surface area contributed by atoms with E-state index in [1.165, 1.54) is 0 Å². The number of ketones is 1. The third-order valence-electron chi connectivity index (χ3n) is 3.40. The average Bonchev–Trinajstić information content (AvgIpc) is 2.38. The van der Waals surface area contributed by atoms with Gasteiger partial charge in [-0.05, 0) is 19.8 Å². The normalized spacial score (nSPS) is 24.3. The molecule has 0 aromatic heterocycles. The molecule has 3 heteroatoms. The van der Waals surface area contributed by atoms with E-state index in [0.717, 1.165) is 31.1 Å². The highest BCUT2D eigenvalue weighted by Crippen LogP contribution is 2.27. The lowest BCUT2D eigenvalue weighted by molar-refractivity contribution is -0.124. The highest BCUT2D eigenvalue weighted by atomic mass is 16.4. The first-order valence-corrected chi connectivity index (χ1v) is 6.31. The van der Waals surface area contributed by atoms with Crippen LogP contribution in [0.4, 0.5) is 0 Å². The van der Waals surface area contributed by atoms with E-state index in [9.17, 15) is 4.79 Å². The smallest absolute Gasteiger partial charge is 0.330 e. The van der Waals surface area contributed by atoms with Gasteiger partial charge in [-0.1, -0.05) is 48.6 Å². The maximum atomic E-state index is 11.5. The highest BCUT2D eigenvalue weighted by Gasteiger charge is 2.28. The van der Waals surface area contributed by atoms with Gasteiger partial charge in [-0.25, -0.2) is 0 Å². The largest absolute Gasteiger partial charge is 0.431 e. The molecule has 0 heterocycles. The summed E-state index contributed by atoms with van der Waals surface area (Å²) in [7, 11) is 1.78. The van der Waals surface area contributed by atoms with Gasteiger partial charge in [0, 0.05) is 12.0 Å². The Morgan fingerprint density at radius 1 is 1.24 bits per heavy atom. The fraction of sp³-hybridized carbons (Fsp3) is 0.500. The van der Waals surface area contributed by atoms with E-state index in [2.05, 4.69) is 0 Å². The van der Waals surface area contributed by atoms with Crippen molar-refractivity contribution in [2.45, 2.75) is 38.7 Å². The maximum absolute atomic E-state index is 11.5. The van der Waals surface area contributed by atoms with Gasteiger partial charge in [0.1, 0.15) is 5.78 Å². The van der Waals surface area contributed by atoms with Crippen molar-refractivity contribution >= 4 is 18.7 Å². The molecule has 1 fully saturated rings. The third-order valence-corrected chi connectivity index (χ3v) is 3.40. The van der Waals surface area contributed by atoms with Crippen LogP contribution in [0.25, 0.3) is 0 Å². The number of benzene rings is 1. The summed E-state index contributed by atoms with van der Waals surface area (Å²) in [6.07, 6.45) is 4.35. The van der Waals surface area contributed by atoms with Crippen LogP contribution in [-0.2, 0) is 9.45 Å². The summed E-state index contributed by atoms with van der Waals surface area (Å²) in [4.78, 5) is 11.5. The van der Waals surface area contributed by atoms with E-state index in [1.807, 2.05) is 30.3 Å². The molecule has 0 N–H and O–H groups in total. The fourth-order valence-corrected chi connectivity index (χ4v) is 2.42.